The van der Waals surface area contributed by atoms with Gasteiger partial charge < -0.3 is 4.84 Å². The lowest BCUT2D eigenvalue weighted by molar-refractivity contribution is 0.110. The highest BCUT2D eigenvalue weighted by atomic mass is 32.2. The molecule has 0 N–H and O–H groups in total. The summed E-state index contributed by atoms with van der Waals surface area (Å²) < 4.78 is 25.7. The van der Waals surface area contributed by atoms with Crippen molar-refractivity contribution in [2.45, 2.75) is 4.90 Å². The zero-order chi connectivity index (χ0) is 17.9. The number of nitrogens with zero attached hydrogens (tertiary/aromatic N) is 4. The molecule has 0 saturated carbocycles. The van der Waals surface area contributed by atoms with E-state index in [-0.39, 0.29) is 11.5 Å². The third-order valence-electron chi connectivity index (χ3n) is 3.57. The number of rotatable bonds is 6. The first-order chi connectivity index (χ1) is 12.0. The predicted molar refractivity (Wildman–Crippen MR) is 95.3 cm³/mol. The average Bonchev–Trinajstić information content (AvgIpc) is 3.02. The molecule has 0 amide bonds. The van der Waals surface area contributed by atoms with Crippen molar-refractivity contribution in [3.05, 3.63) is 60.2 Å². The fraction of sp³-hybridized carbons (Fsp3) is 0.176. The summed E-state index contributed by atoms with van der Waals surface area (Å²) in [6.45, 7) is 0.276. The average molecular weight is 358 g/mol. The maximum Gasteiger partial charge on any atom is 0.242 e. The maximum atomic E-state index is 12.2. The van der Waals surface area contributed by atoms with Gasteiger partial charge in [-0.15, -0.1) is 5.10 Å². The van der Waals surface area contributed by atoms with Crippen LogP contribution >= 0.6 is 0 Å². The topological polar surface area (TPSA) is 77.3 Å². The molecule has 25 heavy (non-hydrogen) atoms. The number of fused-ring (bicyclic) bond motifs is 1. The molecule has 0 radical (unpaired) electrons. The normalized spacial score (nSPS) is 12.3. The summed E-state index contributed by atoms with van der Waals surface area (Å²) in [4.78, 5) is 6.96. The van der Waals surface area contributed by atoms with Crippen LogP contribution in [0.4, 0.5) is 0 Å². The molecule has 0 saturated heterocycles. The zero-order valence-electron chi connectivity index (χ0n) is 13.9. The lowest BCUT2D eigenvalue weighted by Gasteiger charge is -2.11. The van der Waals surface area contributed by atoms with Crippen molar-refractivity contribution >= 4 is 27.1 Å². The minimum Gasteiger partial charge on any atom is -0.391 e. The highest BCUT2D eigenvalue weighted by Crippen LogP contribution is 2.18. The second kappa shape index (κ2) is 7.04. The molecule has 0 spiro atoms. The smallest absolute Gasteiger partial charge is 0.242 e. The van der Waals surface area contributed by atoms with Crippen LogP contribution in [0.3, 0.4) is 0 Å². The SMILES string of the molecule is CN(C)S(=O)(=O)c1ccc2nnn(OCC=Cc3ccccc3)c2c1. The Kier molecular flexibility index (Phi) is 4.82. The molecular formula is C17H18N4O3S. The molecule has 0 atom stereocenters. The molecule has 0 aliphatic heterocycles. The Morgan fingerprint density at radius 1 is 1.16 bits per heavy atom. The Balaban J connectivity index is 1.79. The van der Waals surface area contributed by atoms with E-state index >= 15 is 0 Å². The van der Waals surface area contributed by atoms with Crippen LogP contribution < -0.4 is 4.84 Å². The van der Waals surface area contributed by atoms with Gasteiger partial charge in [-0.1, -0.05) is 41.3 Å². The summed E-state index contributed by atoms with van der Waals surface area (Å²) >= 11 is 0. The van der Waals surface area contributed by atoms with E-state index in [4.69, 9.17) is 4.84 Å². The van der Waals surface area contributed by atoms with Crippen LogP contribution in [0, 0.1) is 0 Å². The van der Waals surface area contributed by atoms with Gasteiger partial charge in [-0.25, -0.2) is 12.7 Å². The number of aromatic nitrogens is 3. The van der Waals surface area contributed by atoms with Gasteiger partial charge in [0.2, 0.25) is 10.0 Å². The van der Waals surface area contributed by atoms with Crippen LogP contribution in [0.5, 0.6) is 0 Å². The molecule has 0 unspecified atom stereocenters. The largest absolute Gasteiger partial charge is 0.391 e. The first-order valence-electron chi connectivity index (χ1n) is 7.61. The van der Waals surface area contributed by atoms with Crippen molar-refractivity contribution in [1.29, 1.82) is 0 Å². The van der Waals surface area contributed by atoms with Crippen LogP contribution in [0.2, 0.25) is 0 Å². The van der Waals surface area contributed by atoms with Crippen molar-refractivity contribution in [1.82, 2.24) is 19.5 Å². The first-order valence-corrected chi connectivity index (χ1v) is 9.05. The molecule has 2 aromatic carbocycles. The Bertz CT molecular complexity index is 995. The number of sulfonamides is 1. The quantitative estimate of drug-likeness (QED) is 0.672. The van der Waals surface area contributed by atoms with E-state index in [0.717, 1.165) is 9.87 Å². The number of benzene rings is 2. The molecule has 130 valence electrons. The van der Waals surface area contributed by atoms with Gasteiger partial charge in [0, 0.05) is 14.1 Å². The van der Waals surface area contributed by atoms with E-state index in [9.17, 15) is 8.42 Å². The van der Waals surface area contributed by atoms with Crippen molar-refractivity contribution in [3.8, 4) is 0 Å². The molecule has 7 nitrogen and oxygen atoms in total. The van der Waals surface area contributed by atoms with Crippen molar-refractivity contribution < 1.29 is 13.3 Å². The maximum absolute atomic E-state index is 12.2. The number of hydrogen-bond donors (Lipinski definition) is 0. The molecule has 1 aromatic heterocycles. The van der Waals surface area contributed by atoms with Gasteiger partial charge in [0.15, 0.2) is 0 Å². The Morgan fingerprint density at radius 3 is 2.64 bits per heavy atom. The monoisotopic (exact) mass is 358 g/mol. The Labute approximate surface area is 146 Å². The van der Waals surface area contributed by atoms with Crippen LogP contribution in [-0.2, 0) is 10.0 Å². The molecular weight excluding hydrogens is 340 g/mol. The van der Waals surface area contributed by atoms with Gasteiger partial charge in [-0.2, -0.15) is 0 Å². The van der Waals surface area contributed by atoms with Crippen LogP contribution in [0.15, 0.2) is 59.5 Å². The fourth-order valence-corrected chi connectivity index (χ4v) is 3.13. The Morgan fingerprint density at radius 2 is 1.92 bits per heavy atom. The Hall–Kier alpha value is -2.71. The second-order valence-electron chi connectivity index (χ2n) is 5.51. The van der Waals surface area contributed by atoms with Crippen LogP contribution in [0.1, 0.15) is 5.56 Å². The third-order valence-corrected chi connectivity index (χ3v) is 5.38. The van der Waals surface area contributed by atoms with E-state index in [0.29, 0.717) is 11.0 Å². The van der Waals surface area contributed by atoms with E-state index in [1.54, 1.807) is 6.07 Å². The molecule has 3 aromatic rings. The molecule has 3 rings (SSSR count). The summed E-state index contributed by atoms with van der Waals surface area (Å²) in [5.74, 6) is 0. The van der Waals surface area contributed by atoms with Gasteiger partial charge in [0.1, 0.15) is 17.6 Å². The summed E-state index contributed by atoms with van der Waals surface area (Å²) in [6.07, 6.45) is 3.78. The van der Waals surface area contributed by atoms with Crippen molar-refractivity contribution in [3.63, 3.8) is 0 Å². The molecule has 0 aliphatic carbocycles. The minimum atomic E-state index is -3.53. The summed E-state index contributed by atoms with van der Waals surface area (Å²) in [7, 11) is -0.557. The van der Waals surface area contributed by atoms with Crippen molar-refractivity contribution in [2.24, 2.45) is 0 Å². The zero-order valence-corrected chi connectivity index (χ0v) is 14.7. The van der Waals surface area contributed by atoms with E-state index in [1.165, 1.54) is 31.1 Å². The lowest BCUT2D eigenvalue weighted by atomic mass is 10.2. The first kappa shape index (κ1) is 17.1. The molecule has 1 heterocycles. The summed E-state index contributed by atoms with van der Waals surface area (Å²) in [6, 6.07) is 14.5. The molecule has 0 fully saturated rings. The minimum absolute atomic E-state index is 0.164. The molecule has 0 aliphatic rings. The van der Waals surface area contributed by atoms with Gasteiger partial charge in [0.05, 0.1) is 4.90 Å². The summed E-state index contributed by atoms with van der Waals surface area (Å²) in [5, 5.41) is 7.89. The van der Waals surface area contributed by atoms with E-state index < -0.39 is 10.0 Å². The van der Waals surface area contributed by atoms with Gasteiger partial charge >= 0.3 is 0 Å². The standard InChI is InChI=1S/C17H18N4O3S/c1-20(2)25(22,23)15-10-11-16-17(13-15)21(19-18-16)24-12-6-9-14-7-4-3-5-8-14/h3-11,13H,12H2,1-2H3. The fourth-order valence-electron chi connectivity index (χ4n) is 2.21. The van der Waals surface area contributed by atoms with Gasteiger partial charge in [-0.05, 0) is 35.1 Å². The van der Waals surface area contributed by atoms with Gasteiger partial charge in [0.25, 0.3) is 0 Å². The van der Waals surface area contributed by atoms with Crippen LogP contribution in [-0.4, -0.2) is 48.6 Å². The van der Waals surface area contributed by atoms with Gasteiger partial charge in [-0.3, -0.25) is 0 Å². The van der Waals surface area contributed by atoms with Crippen molar-refractivity contribution in [2.75, 3.05) is 20.7 Å². The lowest BCUT2D eigenvalue weighted by Crippen LogP contribution is -2.22. The number of hydrogen-bond acceptors (Lipinski definition) is 5. The highest BCUT2D eigenvalue weighted by Gasteiger charge is 2.19. The summed E-state index contributed by atoms with van der Waals surface area (Å²) in [5.41, 5.74) is 2.12. The van der Waals surface area contributed by atoms with Crippen LogP contribution in [0.25, 0.3) is 17.1 Å². The molecule has 0 bridgehead atoms. The van der Waals surface area contributed by atoms with E-state index in [1.807, 2.05) is 42.5 Å². The highest BCUT2D eigenvalue weighted by molar-refractivity contribution is 7.89. The second-order valence-corrected chi connectivity index (χ2v) is 7.66. The predicted octanol–water partition coefficient (Wildman–Crippen LogP) is 1.82. The molecule has 8 heteroatoms. The third kappa shape index (κ3) is 3.70. The van der Waals surface area contributed by atoms with E-state index in [2.05, 4.69) is 10.3 Å².